The van der Waals surface area contributed by atoms with E-state index in [4.69, 9.17) is 5.73 Å². The first-order valence-corrected chi connectivity index (χ1v) is 8.07. The fourth-order valence-corrected chi connectivity index (χ4v) is 4.47. The molecule has 0 aliphatic heterocycles. The Labute approximate surface area is 107 Å². The molecular formula is C11H20N2O2S2. The van der Waals surface area contributed by atoms with Crippen molar-refractivity contribution in [2.24, 2.45) is 11.7 Å². The Balaban J connectivity index is 2.96. The zero-order chi connectivity index (χ0) is 13.1. The molecule has 1 heterocycles. The van der Waals surface area contributed by atoms with E-state index in [0.29, 0.717) is 9.77 Å². The molecule has 0 aliphatic rings. The van der Waals surface area contributed by atoms with E-state index in [1.807, 2.05) is 20.8 Å². The highest BCUT2D eigenvalue weighted by Gasteiger charge is 2.23. The van der Waals surface area contributed by atoms with Crippen LogP contribution in [-0.4, -0.2) is 14.5 Å². The molecule has 1 unspecified atom stereocenters. The number of sulfonamides is 1. The molecule has 0 aliphatic carbocycles. The molecule has 3 N–H and O–H groups in total. The lowest BCUT2D eigenvalue weighted by molar-refractivity contribution is 0.437. The minimum absolute atomic E-state index is 0.0366. The third-order valence-corrected chi connectivity index (χ3v) is 5.38. The van der Waals surface area contributed by atoms with E-state index < -0.39 is 10.0 Å². The van der Waals surface area contributed by atoms with Crippen LogP contribution in [0.4, 0.5) is 0 Å². The molecule has 0 radical (unpaired) electrons. The van der Waals surface area contributed by atoms with Gasteiger partial charge < -0.3 is 5.73 Å². The molecule has 1 aromatic heterocycles. The molecule has 17 heavy (non-hydrogen) atoms. The van der Waals surface area contributed by atoms with Gasteiger partial charge in [-0.3, -0.25) is 0 Å². The molecule has 0 spiro atoms. The molecule has 1 aromatic rings. The maximum absolute atomic E-state index is 12.2. The summed E-state index contributed by atoms with van der Waals surface area (Å²) in [5, 5.41) is 1.76. The predicted molar refractivity (Wildman–Crippen MR) is 71.4 cm³/mol. The van der Waals surface area contributed by atoms with Crippen molar-refractivity contribution in [3.05, 3.63) is 16.3 Å². The van der Waals surface area contributed by atoms with Gasteiger partial charge in [-0.2, -0.15) is 0 Å². The van der Waals surface area contributed by atoms with Crippen LogP contribution in [0.25, 0.3) is 0 Å². The van der Waals surface area contributed by atoms with Crippen LogP contribution in [0, 0.1) is 5.92 Å². The van der Waals surface area contributed by atoms with Crippen molar-refractivity contribution in [3.8, 4) is 0 Å². The van der Waals surface area contributed by atoms with Crippen molar-refractivity contribution in [3.63, 3.8) is 0 Å². The van der Waals surface area contributed by atoms with Crippen LogP contribution in [0.1, 0.15) is 32.1 Å². The van der Waals surface area contributed by atoms with E-state index in [0.717, 1.165) is 6.42 Å². The highest BCUT2D eigenvalue weighted by molar-refractivity contribution is 7.89. The van der Waals surface area contributed by atoms with Gasteiger partial charge in [-0.05, 0) is 23.8 Å². The van der Waals surface area contributed by atoms with Gasteiger partial charge in [0.25, 0.3) is 0 Å². The summed E-state index contributed by atoms with van der Waals surface area (Å²) in [5.74, 6) is 0.273. The molecule has 0 saturated heterocycles. The topological polar surface area (TPSA) is 72.2 Å². The number of hydrogen-bond donors (Lipinski definition) is 2. The Hall–Kier alpha value is -0.430. The second-order valence-corrected chi connectivity index (χ2v) is 6.98. The standard InChI is InChI=1S/C11H20N2O2S2/c1-4-9(8(2)3)13-17(14,15)11-5-6-16-10(11)7-12/h5-6,8-9,13H,4,7,12H2,1-3H3. The SMILES string of the molecule is CCC(NS(=O)(=O)c1ccsc1CN)C(C)C. The van der Waals surface area contributed by atoms with Crippen LogP contribution < -0.4 is 10.5 Å². The van der Waals surface area contributed by atoms with Gasteiger partial charge in [0, 0.05) is 17.5 Å². The molecule has 0 amide bonds. The fourth-order valence-electron chi connectivity index (χ4n) is 1.67. The number of hydrogen-bond acceptors (Lipinski definition) is 4. The Morgan fingerprint density at radius 1 is 1.47 bits per heavy atom. The highest BCUT2D eigenvalue weighted by atomic mass is 32.2. The molecule has 0 saturated carbocycles. The quantitative estimate of drug-likeness (QED) is 0.834. The number of thiophene rings is 1. The first-order chi connectivity index (χ1) is 7.92. The third kappa shape index (κ3) is 3.51. The molecule has 0 bridgehead atoms. The molecule has 1 atom stereocenters. The maximum atomic E-state index is 12.2. The van der Waals surface area contributed by atoms with Crippen LogP contribution in [0.3, 0.4) is 0 Å². The van der Waals surface area contributed by atoms with Crippen LogP contribution >= 0.6 is 11.3 Å². The van der Waals surface area contributed by atoms with Crippen LogP contribution in [0.2, 0.25) is 0 Å². The van der Waals surface area contributed by atoms with E-state index in [1.165, 1.54) is 11.3 Å². The van der Waals surface area contributed by atoms with E-state index >= 15 is 0 Å². The largest absolute Gasteiger partial charge is 0.326 e. The van der Waals surface area contributed by atoms with Gasteiger partial charge in [0.2, 0.25) is 10.0 Å². The van der Waals surface area contributed by atoms with Crippen molar-refractivity contribution in [1.29, 1.82) is 0 Å². The van der Waals surface area contributed by atoms with Crippen LogP contribution in [0.5, 0.6) is 0 Å². The lowest BCUT2D eigenvalue weighted by atomic mass is 10.0. The zero-order valence-corrected chi connectivity index (χ0v) is 12.1. The Morgan fingerprint density at radius 2 is 2.12 bits per heavy atom. The molecule has 0 aromatic carbocycles. The van der Waals surface area contributed by atoms with E-state index in [-0.39, 0.29) is 18.5 Å². The number of nitrogens with two attached hydrogens (primary N) is 1. The summed E-state index contributed by atoms with van der Waals surface area (Å²) in [5.41, 5.74) is 5.53. The summed E-state index contributed by atoms with van der Waals surface area (Å²) in [4.78, 5) is 1.03. The van der Waals surface area contributed by atoms with Crippen molar-refractivity contribution in [2.75, 3.05) is 0 Å². The van der Waals surface area contributed by atoms with Gasteiger partial charge in [-0.1, -0.05) is 20.8 Å². The summed E-state index contributed by atoms with van der Waals surface area (Å²) in [7, 11) is -3.44. The molecular weight excluding hydrogens is 256 g/mol. The fraction of sp³-hybridized carbons (Fsp3) is 0.636. The summed E-state index contributed by atoms with van der Waals surface area (Å²) in [6, 6.07) is 1.58. The highest BCUT2D eigenvalue weighted by Crippen LogP contribution is 2.22. The monoisotopic (exact) mass is 276 g/mol. The molecule has 1 rings (SSSR count). The minimum Gasteiger partial charge on any atom is -0.326 e. The average Bonchev–Trinajstić information content (AvgIpc) is 2.74. The second-order valence-electron chi connectivity index (χ2n) is 4.29. The second kappa shape index (κ2) is 5.95. The van der Waals surface area contributed by atoms with Crippen molar-refractivity contribution in [1.82, 2.24) is 4.72 Å². The van der Waals surface area contributed by atoms with Crippen molar-refractivity contribution >= 4 is 21.4 Å². The third-order valence-electron chi connectivity index (χ3n) is 2.73. The molecule has 6 heteroatoms. The average molecular weight is 276 g/mol. The van der Waals surface area contributed by atoms with Gasteiger partial charge >= 0.3 is 0 Å². The van der Waals surface area contributed by atoms with Crippen LogP contribution in [0.15, 0.2) is 16.3 Å². The van der Waals surface area contributed by atoms with Crippen molar-refractivity contribution < 1.29 is 8.42 Å². The Bertz CT molecular complexity index is 452. The lowest BCUT2D eigenvalue weighted by Crippen LogP contribution is -2.38. The molecule has 98 valence electrons. The van der Waals surface area contributed by atoms with Crippen molar-refractivity contribution in [2.45, 2.75) is 44.7 Å². The zero-order valence-electron chi connectivity index (χ0n) is 10.4. The normalized spacial score (nSPS) is 14.2. The summed E-state index contributed by atoms with van der Waals surface area (Å²) in [6.45, 7) is 6.25. The minimum atomic E-state index is -3.44. The first kappa shape index (κ1) is 14.6. The van der Waals surface area contributed by atoms with Gasteiger partial charge in [-0.25, -0.2) is 13.1 Å². The van der Waals surface area contributed by atoms with Gasteiger partial charge in [0.15, 0.2) is 0 Å². The number of rotatable bonds is 6. The number of nitrogens with one attached hydrogen (secondary N) is 1. The summed E-state index contributed by atoms with van der Waals surface area (Å²) in [6.07, 6.45) is 0.777. The smallest absolute Gasteiger partial charge is 0.241 e. The Kier molecular flexibility index (Phi) is 5.12. The predicted octanol–water partition coefficient (Wildman–Crippen LogP) is 1.92. The molecule has 4 nitrogen and oxygen atoms in total. The molecule has 0 fully saturated rings. The lowest BCUT2D eigenvalue weighted by Gasteiger charge is -2.20. The van der Waals surface area contributed by atoms with E-state index in [2.05, 4.69) is 4.72 Å². The van der Waals surface area contributed by atoms with Crippen LogP contribution in [-0.2, 0) is 16.6 Å². The Morgan fingerprint density at radius 3 is 2.59 bits per heavy atom. The summed E-state index contributed by atoms with van der Waals surface area (Å²) >= 11 is 1.38. The first-order valence-electron chi connectivity index (χ1n) is 5.71. The van der Waals surface area contributed by atoms with Gasteiger partial charge in [0.05, 0.1) is 4.90 Å². The maximum Gasteiger partial charge on any atom is 0.241 e. The summed E-state index contributed by atoms with van der Waals surface area (Å²) < 4.78 is 27.1. The van der Waals surface area contributed by atoms with Gasteiger partial charge in [0.1, 0.15) is 0 Å². The van der Waals surface area contributed by atoms with E-state index in [1.54, 1.807) is 11.4 Å². The van der Waals surface area contributed by atoms with Gasteiger partial charge in [-0.15, -0.1) is 11.3 Å². The van der Waals surface area contributed by atoms with E-state index in [9.17, 15) is 8.42 Å².